The van der Waals surface area contributed by atoms with Crippen LogP contribution in [0.1, 0.15) is 24.0 Å². The van der Waals surface area contributed by atoms with Gasteiger partial charge in [0, 0.05) is 22.9 Å². The number of benzene rings is 2. The van der Waals surface area contributed by atoms with Crippen LogP contribution in [0, 0.1) is 0 Å². The molecular weight excluding hydrogens is 332 g/mol. The van der Waals surface area contributed by atoms with Crippen molar-refractivity contribution < 1.29 is 0 Å². The smallest absolute Gasteiger partial charge is 0.0216 e. The summed E-state index contributed by atoms with van der Waals surface area (Å²) in [6, 6.07) is 17.6. The maximum Gasteiger partial charge on any atom is 0.0216 e. The molecule has 0 saturated carbocycles. The molecule has 0 spiro atoms. The van der Waals surface area contributed by atoms with Crippen LogP contribution in [0.2, 0.25) is 0 Å². The van der Waals surface area contributed by atoms with E-state index in [1.165, 1.54) is 45.3 Å². The van der Waals surface area contributed by atoms with Gasteiger partial charge < -0.3 is 10.6 Å². The van der Waals surface area contributed by atoms with Crippen LogP contribution in [0.5, 0.6) is 0 Å². The fraction of sp³-hybridized carbons (Fsp3) is 0.400. The van der Waals surface area contributed by atoms with Crippen molar-refractivity contribution in [3.8, 4) is 0 Å². The van der Waals surface area contributed by atoms with Gasteiger partial charge in [0.05, 0.1) is 0 Å². The Hall–Kier alpha value is -0.940. The first-order valence-corrected chi connectivity index (χ1v) is 10.7. The van der Waals surface area contributed by atoms with E-state index in [9.17, 15) is 0 Å². The van der Waals surface area contributed by atoms with Gasteiger partial charge in [0.25, 0.3) is 0 Å². The molecule has 0 atom stereocenters. The van der Waals surface area contributed by atoms with Gasteiger partial charge in [0.1, 0.15) is 0 Å². The lowest BCUT2D eigenvalue weighted by Gasteiger charge is -2.13. The largest absolute Gasteiger partial charge is 0.313 e. The summed E-state index contributed by atoms with van der Waals surface area (Å²) in [6.07, 6.45) is 2.39. The van der Waals surface area contributed by atoms with E-state index in [1.807, 2.05) is 23.5 Å². The summed E-state index contributed by atoms with van der Waals surface area (Å²) in [5.41, 5.74) is 2.86. The van der Waals surface area contributed by atoms with Crippen molar-refractivity contribution in [3.05, 3.63) is 59.7 Å². The van der Waals surface area contributed by atoms with Gasteiger partial charge in [0.15, 0.2) is 0 Å². The molecule has 0 fully saturated rings. The summed E-state index contributed by atoms with van der Waals surface area (Å²) in [6.45, 7) is 4.10. The molecule has 24 heavy (non-hydrogen) atoms. The number of hydrogen-bond acceptors (Lipinski definition) is 4. The highest BCUT2D eigenvalue weighted by Crippen LogP contribution is 2.25. The lowest BCUT2D eigenvalue weighted by Crippen LogP contribution is -2.17. The highest BCUT2D eigenvalue weighted by molar-refractivity contribution is 7.99. The molecule has 2 nitrogen and oxygen atoms in total. The molecule has 0 saturated heterocycles. The fourth-order valence-corrected chi connectivity index (χ4v) is 4.80. The minimum absolute atomic E-state index is 0.975. The van der Waals surface area contributed by atoms with E-state index in [2.05, 4.69) is 59.2 Å². The maximum atomic E-state index is 3.61. The number of thioether (sulfide) groups is 2. The van der Waals surface area contributed by atoms with Crippen LogP contribution >= 0.6 is 23.5 Å². The highest BCUT2D eigenvalue weighted by Gasteiger charge is 2.05. The molecule has 3 rings (SSSR count). The molecule has 4 heteroatoms. The van der Waals surface area contributed by atoms with Crippen LogP contribution in [0.25, 0.3) is 0 Å². The molecule has 1 aliphatic rings. The number of fused-ring (bicyclic) bond motifs is 2. The standard InChI is InChI=1S/C20H26N2S2/c1-3-9-19-17(7-1)15-21-11-5-14-24-20-10-4-2-8-18(20)16-22-12-6-13-23-19/h1-4,7-10,21-22H,5-6,11-16H2. The number of hydrogen-bond donors (Lipinski definition) is 2. The van der Waals surface area contributed by atoms with Crippen LogP contribution < -0.4 is 10.6 Å². The Labute approximate surface area is 154 Å². The van der Waals surface area contributed by atoms with E-state index in [1.54, 1.807) is 0 Å². The molecule has 128 valence electrons. The Morgan fingerprint density at radius 2 is 1.08 bits per heavy atom. The Morgan fingerprint density at radius 3 is 1.58 bits per heavy atom. The van der Waals surface area contributed by atoms with Crippen LogP contribution in [-0.2, 0) is 13.1 Å². The molecule has 0 unspecified atom stereocenters. The van der Waals surface area contributed by atoms with Gasteiger partial charge in [-0.3, -0.25) is 0 Å². The van der Waals surface area contributed by atoms with Crippen molar-refractivity contribution in [3.63, 3.8) is 0 Å². The van der Waals surface area contributed by atoms with Crippen molar-refractivity contribution in [2.45, 2.75) is 35.7 Å². The lowest BCUT2D eigenvalue weighted by atomic mass is 10.2. The molecule has 2 N–H and O–H groups in total. The predicted molar refractivity (Wildman–Crippen MR) is 107 cm³/mol. The van der Waals surface area contributed by atoms with Crippen molar-refractivity contribution in [2.75, 3.05) is 24.6 Å². The zero-order chi connectivity index (χ0) is 16.5. The Kier molecular flexibility index (Phi) is 7.55. The van der Waals surface area contributed by atoms with E-state index in [0.717, 1.165) is 26.2 Å². The average Bonchev–Trinajstić information content (AvgIpc) is 2.62. The van der Waals surface area contributed by atoms with E-state index in [-0.39, 0.29) is 0 Å². The topological polar surface area (TPSA) is 24.1 Å². The van der Waals surface area contributed by atoms with Crippen LogP contribution in [0.4, 0.5) is 0 Å². The second kappa shape index (κ2) is 10.1. The second-order valence-electron chi connectivity index (χ2n) is 5.97. The minimum Gasteiger partial charge on any atom is -0.313 e. The predicted octanol–water partition coefficient (Wildman–Crippen LogP) is 4.54. The van der Waals surface area contributed by atoms with Crippen molar-refractivity contribution in [1.29, 1.82) is 0 Å². The number of rotatable bonds is 0. The summed E-state index contributed by atoms with van der Waals surface area (Å²) in [7, 11) is 0. The van der Waals surface area contributed by atoms with Gasteiger partial charge >= 0.3 is 0 Å². The van der Waals surface area contributed by atoms with Crippen molar-refractivity contribution >= 4 is 23.5 Å². The van der Waals surface area contributed by atoms with E-state index in [4.69, 9.17) is 0 Å². The maximum absolute atomic E-state index is 3.61. The quantitative estimate of drug-likeness (QED) is 0.722. The van der Waals surface area contributed by atoms with Gasteiger partial charge in [-0.15, -0.1) is 23.5 Å². The van der Waals surface area contributed by atoms with Crippen molar-refractivity contribution in [1.82, 2.24) is 10.6 Å². The molecule has 2 aromatic rings. The summed E-state index contributed by atoms with van der Waals surface area (Å²) in [5, 5.41) is 7.22. The Bertz CT molecular complexity index is 521. The summed E-state index contributed by atoms with van der Waals surface area (Å²) >= 11 is 3.97. The fourth-order valence-electron chi connectivity index (χ4n) is 2.79. The van der Waals surface area contributed by atoms with E-state index < -0.39 is 0 Å². The summed E-state index contributed by atoms with van der Waals surface area (Å²) in [5.74, 6) is 2.33. The van der Waals surface area contributed by atoms with Gasteiger partial charge in [-0.2, -0.15) is 0 Å². The van der Waals surface area contributed by atoms with Gasteiger partial charge in [-0.1, -0.05) is 36.4 Å². The van der Waals surface area contributed by atoms with Crippen LogP contribution in [0.15, 0.2) is 58.3 Å². The first-order valence-electron chi connectivity index (χ1n) is 8.76. The Morgan fingerprint density at radius 1 is 0.625 bits per heavy atom. The first-order chi connectivity index (χ1) is 11.9. The third-order valence-corrected chi connectivity index (χ3v) is 6.49. The normalized spacial score (nSPS) is 17.7. The molecular formula is C20H26N2S2. The van der Waals surface area contributed by atoms with Crippen LogP contribution in [-0.4, -0.2) is 24.6 Å². The monoisotopic (exact) mass is 358 g/mol. The molecule has 2 aromatic carbocycles. The van der Waals surface area contributed by atoms with Crippen LogP contribution in [0.3, 0.4) is 0 Å². The molecule has 1 heterocycles. The lowest BCUT2D eigenvalue weighted by molar-refractivity contribution is 0.667. The first kappa shape index (κ1) is 17.9. The zero-order valence-corrected chi connectivity index (χ0v) is 15.7. The van der Waals surface area contributed by atoms with E-state index >= 15 is 0 Å². The number of nitrogens with one attached hydrogen (secondary N) is 2. The second-order valence-corrected chi connectivity index (χ2v) is 8.25. The molecule has 0 aliphatic carbocycles. The third-order valence-electron chi connectivity index (χ3n) is 4.09. The SMILES string of the molecule is c1ccc2c(c1)CNCCCSc1ccccc1CNCCCS2. The molecule has 1 aliphatic heterocycles. The molecule has 0 aromatic heterocycles. The summed E-state index contributed by atoms with van der Waals surface area (Å²) < 4.78 is 0. The van der Waals surface area contributed by atoms with E-state index in [0.29, 0.717) is 0 Å². The third kappa shape index (κ3) is 5.55. The molecule has 0 bridgehead atoms. The molecule has 0 radical (unpaired) electrons. The summed E-state index contributed by atoms with van der Waals surface area (Å²) in [4.78, 5) is 2.86. The zero-order valence-electron chi connectivity index (χ0n) is 14.1. The highest BCUT2D eigenvalue weighted by atomic mass is 32.2. The van der Waals surface area contributed by atoms with Crippen molar-refractivity contribution in [2.24, 2.45) is 0 Å². The molecule has 0 amide bonds. The van der Waals surface area contributed by atoms with Gasteiger partial charge in [-0.25, -0.2) is 0 Å². The minimum atomic E-state index is 0.975. The average molecular weight is 359 g/mol. The Balaban J connectivity index is 1.61. The van der Waals surface area contributed by atoms with Gasteiger partial charge in [0.2, 0.25) is 0 Å². The van der Waals surface area contributed by atoms with Gasteiger partial charge in [-0.05, 0) is 60.7 Å².